The molecule has 114 valence electrons. The van der Waals surface area contributed by atoms with Gasteiger partial charge in [-0.1, -0.05) is 27.5 Å². The van der Waals surface area contributed by atoms with Gasteiger partial charge in [-0.05, 0) is 18.2 Å². The molecule has 0 aliphatic carbocycles. The maximum absolute atomic E-state index is 11.5. The highest BCUT2D eigenvalue weighted by atomic mass is 79.9. The minimum absolute atomic E-state index is 0.0369. The van der Waals surface area contributed by atoms with Crippen molar-refractivity contribution in [3.63, 3.8) is 0 Å². The third-order valence-corrected chi connectivity index (χ3v) is 4.49. The van der Waals surface area contributed by atoms with Crippen LogP contribution in [0.5, 0.6) is 0 Å². The van der Waals surface area contributed by atoms with Gasteiger partial charge in [-0.2, -0.15) is 19.5 Å². The van der Waals surface area contributed by atoms with Crippen molar-refractivity contribution < 1.29 is 8.42 Å². The molecule has 0 aliphatic rings. The Kier molecular flexibility index (Phi) is 3.54. The first-order chi connectivity index (χ1) is 10.3. The van der Waals surface area contributed by atoms with Crippen molar-refractivity contribution in [2.45, 2.75) is 5.16 Å². The Morgan fingerprint density at radius 3 is 2.68 bits per heavy atom. The standard InChI is InChI=1S/C11H8BrClN6O2S/c1-22(20,21)11-16-9(14)19-10(17-11)15-8(18-19)6-4-5(13)2-3-7(6)12/h2-4H,1H3,(H2,14,15,16,17,18). The lowest BCUT2D eigenvalue weighted by Crippen LogP contribution is -2.11. The number of hydrogen-bond acceptors (Lipinski definition) is 7. The van der Waals surface area contributed by atoms with Crippen LogP contribution in [-0.2, 0) is 9.84 Å². The van der Waals surface area contributed by atoms with E-state index in [1.807, 2.05) is 0 Å². The second-order valence-corrected chi connectivity index (χ2v) is 7.61. The van der Waals surface area contributed by atoms with Crippen LogP contribution in [0.25, 0.3) is 17.2 Å². The monoisotopic (exact) mass is 402 g/mol. The minimum atomic E-state index is -3.60. The maximum Gasteiger partial charge on any atom is 0.258 e. The maximum atomic E-state index is 11.5. The summed E-state index contributed by atoms with van der Waals surface area (Å²) < 4.78 is 25.0. The summed E-state index contributed by atoms with van der Waals surface area (Å²) in [6.07, 6.45) is 0.989. The second kappa shape index (κ2) is 5.14. The van der Waals surface area contributed by atoms with Gasteiger partial charge in [-0.25, -0.2) is 8.42 Å². The van der Waals surface area contributed by atoms with Gasteiger partial charge in [0.1, 0.15) is 0 Å². The fourth-order valence-corrected chi connectivity index (χ4v) is 2.84. The molecule has 0 radical (unpaired) electrons. The highest BCUT2D eigenvalue weighted by molar-refractivity contribution is 9.10. The predicted octanol–water partition coefficient (Wildman–Crippen LogP) is 1.59. The van der Waals surface area contributed by atoms with Gasteiger partial charge >= 0.3 is 0 Å². The summed E-state index contributed by atoms with van der Waals surface area (Å²) in [4.78, 5) is 11.8. The quantitative estimate of drug-likeness (QED) is 0.690. The smallest absolute Gasteiger partial charge is 0.258 e. The van der Waals surface area contributed by atoms with E-state index in [0.717, 1.165) is 15.2 Å². The Labute approximate surface area is 138 Å². The highest BCUT2D eigenvalue weighted by Crippen LogP contribution is 2.29. The molecule has 11 heteroatoms. The molecule has 8 nitrogen and oxygen atoms in total. The number of rotatable bonds is 2. The normalized spacial score (nSPS) is 12.0. The zero-order valence-corrected chi connectivity index (χ0v) is 14.2. The molecular formula is C11H8BrClN6O2S. The minimum Gasteiger partial charge on any atom is -0.368 e. The molecule has 0 aliphatic heterocycles. The summed E-state index contributed by atoms with van der Waals surface area (Å²) in [5, 5.41) is 4.29. The molecule has 0 unspecified atom stereocenters. The van der Waals surface area contributed by atoms with Crippen LogP contribution in [0.2, 0.25) is 5.02 Å². The lowest BCUT2D eigenvalue weighted by atomic mass is 10.2. The number of aromatic nitrogens is 5. The first kappa shape index (κ1) is 15.1. The number of anilines is 1. The molecule has 0 bridgehead atoms. The van der Waals surface area contributed by atoms with Crippen LogP contribution >= 0.6 is 27.5 Å². The van der Waals surface area contributed by atoms with Gasteiger partial charge in [-0.15, -0.1) is 5.10 Å². The van der Waals surface area contributed by atoms with Crippen molar-refractivity contribution in [1.29, 1.82) is 0 Å². The molecule has 0 spiro atoms. The van der Waals surface area contributed by atoms with Gasteiger partial charge < -0.3 is 5.73 Å². The van der Waals surface area contributed by atoms with E-state index in [-0.39, 0.29) is 11.7 Å². The Morgan fingerprint density at radius 2 is 2.00 bits per heavy atom. The van der Waals surface area contributed by atoms with Crippen molar-refractivity contribution in [2.24, 2.45) is 0 Å². The van der Waals surface area contributed by atoms with E-state index in [1.165, 1.54) is 0 Å². The van der Waals surface area contributed by atoms with Crippen molar-refractivity contribution in [3.8, 4) is 11.4 Å². The molecule has 0 fully saturated rings. The van der Waals surface area contributed by atoms with Crippen LogP contribution in [0.4, 0.5) is 5.95 Å². The van der Waals surface area contributed by atoms with E-state index in [4.69, 9.17) is 17.3 Å². The number of nitrogens with zero attached hydrogens (tertiary/aromatic N) is 5. The molecule has 2 heterocycles. The van der Waals surface area contributed by atoms with E-state index < -0.39 is 15.0 Å². The van der Waals surface area contributed by atoms with Crippen LogP contribution in [0.15, 0.2) is 27.8 Å². The summed E-state index contributed by atoms with van der Waals surface area (Å²) in [6.45, 7) is 0. The summed E-state index contributed by atoms with van der Waals surface area (Å²) in [6, 6.07) is 5.13. The molecule has 3 rings (SSSR count). The number of nitrogens with two attached hydrogens (primary N) is 1. The van der Waals surface area contributed by atoms with Gasteiger partial charge in [-0.3, -0.25) is 0 Å². The first-order valence-corrected chi connectivity index (χ1v) is 8.88. The van der Waals surface area contributed by atoms with Crippen LogP contribution in [0.1, 0.15) is 0 Å². The Morgan fingerprint density at radius 1 is 1.27 bits per heavy atom. The number of fused-ring (bicyclic) bond motifs is 1. The summed E-state index contributed by atoms with van der Waals surface area (Å²) >= 11 is 9.34. The Bertz CT molecular complexity index is 1000. The van der Waals surface area contributed by atoms with Gasteiger partial charge in [0.05, 0.1) is 0 Å². The number of halogens is 2. The molecule has 0 saturated heterocycles. The molecular weight excluding hydrogens is 396 g/mol. The van der Waals surface area contributed by atoms with Crippen molar-refractivity contribution in [2.75, 3.05) is 12.0 Å². The first-order valence-electron chi connectivity index (χ1n) is 5.81. The average molecular weight is 404 g/mol. The van der Waals surface area contributed by atoms with Crippen molar-refractivity contribution in [3.05, 3.63) is 27.7 Å². The molecule has 2 aromatic heterocycles. The van der Waals surface area contributed by atoms with Crippen molar-refractivity contribution in [1.82, 2.24) is 24.6 Å². The number of nitrogen functional groups attached to an aromatic ring is 1. The molecule has 2 N–H and O–H groups in total. The van der Waals surface area contributed by atoms with Crippen LogP contribution < -0.4 is 5.73 Å². The van der Waals surface area contributed by atoms with Gasteiger partial charge in [0, 0.05) is 21.3 Å². The fraction of sp³-hybridized carbons (Fsp3) is 0.0909. The molecule has 22 heavy (non-hydrogen) atoms. The third kappa shape index (κ3) is 2.64. The zero-order valence-electron chi connectivity index (χ0n) is 11.0. The lowest BCUT2D eigenvalue weighted by Gasteiger charge is -2.00. The van der Waals surface area contributed by atoms with E-state index >= 15 is 0 Å². The van der Waals surface area contributed by atoms with E-state index in [2.05, 4.69) is 36.0 Å². The van der Waals surface area contributed by atoms with Crippen molar-refractivity contribution >= 4 is 49.1 Å². The average Bonchev–Trinajstić information content (AvgIpc) is 2.85. The molecule has 0 atom stereocenters. The van der Waals surface area contributed by atoms with E-state index in [9.17, 15) is 8.42 Å². The molecule has 0 saturated carbocycles. The summed E-state index contributed by atoms with van der Waals surface area (Å²) in [5.74, 6) is 0.207. The third-order valence-electron chi connectivity index (χ3n) is 2.71. The Balaban J connectivity index is 2.26. The van der Waals surface area contributed by atoms with E-state index in [0.29, 0.717) is 16.4 Å². The zero-order chi connectivity index (χ0) is 16.1. The van der Waals surface area contributed by atoms with Crippen LogP contribution in [0.3, 0.4) is 0 Å². The topological polar surface area (TPSA) is 116 Å². The van der Waals surface area contributed by atoms with Gasteiger partial charge in [0.15, 0.2) is 5.82 Å². The predicted molar refractivity (Wildman–Crippen MR) is 84.2 cm³/mol. The largest absolute Gasteiger partial charge is 0.368 e. The number of benzene rings is 1. The summed E-state index contributed by atoms with van der Waals surface area (Å²) in [7, 11) is -3.60. The van der Waals surface area contributed by atoms with E-state index in [1.54, 1.807) is 18.2 Å². The van der Waals surface area contributed by atoms with Crippen LogP contribution in [-0.4, -0.2) is 39.2 Å². The molecule has 1 aromatic carbocycles. The van der Waals surface area contributed by atoms with Gasteiger partial charge in [0.25, 0.3) is 10.9 Å². The Hall–Kier alpha value is -1.78. The summed E-state index contributed by atoms with van der Waals surface area (Å²) in [5.41, 5.74) is 6.34. The van der Waals surface area contributed by atoms with Crippen LogP contribution in [0, 0.1) is 0 Å². The fourth-order valence-electron chi connectivity index (χ4n) is 1.73. The molecule has 3 aromatic rings. The number of hydrogen-bond donors (Lipinski definition) is 1. The number of sulfone groups is 1. The van der Waals surface area contributed by atoms with Gasteiger partial charge in [0.2, 0.25) is 15.8 Å². The molecule has 0 amide bonds. The SMILES string of the molecule is CS(=O)(=O)c1nc(N)n2nc(-c3cc(Cl)ccc3Br)nc2n1. The highest BCUT2D eigenvalue weighted by Gasteiger charge is 2.18. The lowest BCUT2D eigenvalue weighted by molar-refractivity contribution is 0.592. The second-order valence-electron chi connectivity index (χ2n) is 4.41.